The van der Waals surface area contributed by atoms with Gasteiger partial charge in [0, 0.05) is 0 Å². The van der Waals surface area contributed by atoms with Crippen LogP contribution in [0.25, 0.3) is 0 Å². The van der Waals surface area contributed by atoms with Crippen molar-refractivity contribution in [3.8, 4) is 0 Å². The van der Waals surface area contributed by atoms with E-state index < -0.39 is 0 Å². The molecule has 0 bridgehead atoms. The van der Waals surface area contributed by atoms with Gasteiger partial charge in [0.05, 0.1) is 12.5 Å². The fraction of sp³-hybridized carbons (Fsp3) is 0.857. The highest BCUT2D eigenvalue weighted by molar-refractivity contribution is 5.72. The lowest BCUT2D eigenvalue weighted by atomic mass is 9.86. The summed E-state index contributed by atoms with van der Waals surface area (Å²) in [6.07, 6.45) is 3.07. The monoisotopic (exact) mass is 144 g/mol. The summed E-state index contributed by atoms with van der Waals surface area (Å²) in [6, 6.07) is 0. The van der Waals surface area contributed by atoms with E-state index in [0.717, 1.165) is 19.3 Å². The Morgan fingerprint density at radius 2 is 2.30 bits per heavy atom. The SMILES string of the molecule is CCOOC(=O)C1CCC1. The van der Waals surface area contributed by atoms with Crippen molar-refractivity contribution in [3.63, 3.8) is 0 Å². The van der Waals surface area contributed by atoms with Crippen LogP contribution < -0.4 is 0 Å². The van der Waals surface area contributed by atoms with Crippen molar-refractivity contribution in [2.45, 2.75) is 26.2 Å². The predicted molar refractivity (Wildman–Crippen MR) is 35.1 cm³/mol. The Balaban J connectivity index is 2.08. The van der Waals surface area contributed by atoms with Crippen LogP contribution in [0.3, 0.4) is 0 Å². The van der Waals surface area contributed by atoms with E-state index in [0.29, 0.717) is 6.61 Å². The van der Waals surface area contributed by atoms with E-state index in [-0.39, 0.29) is 11.9 Å². The topological polar surface area (TPSA) is 35.5 Å². The van der Waals surface area contributed by atoms with Crippen LogP contribution in [0.1, 0.15) is 26.2 Å². The van der Waals surface area contributed by atoms with E-state index in [2.05, 4.69) is 9.78 Å². The lowest BCUT2D eigenvalue weighted by molar-refractivity contribution is -0.275. The molecule has 0 atom stereocenters. The molecular formula is C7H12O3. The molecule has 3 nitrogen and oxygen atoms in total. The van der Waals surface area contributed by atoms with Crippen molar-refractivity contribution in [3.05, 3.63) is 0 Å². The highest BCUT2D eigenvalue weighted by Gasteiger charge is 2.27. The zero-order chi connectivity index (χ0) is 7.40. The summed E-state index contributed by atoms with van der Waals surface area (Å²) < 4.78 is 0. The minimum Gasteiger partial charge on any atom is -0.298 e. The van der Waals surface area contributed by atoms with Gasteiger partial charge in [0.2, 0.25) is 0 Å². The van der Waals surface area contributed by atoms with Crippen molar-refractivity contribution in [2.75, 3.05) is 6.61 Å². The molecule has 0 aromatic rings. The van der Waals surface area contributed by atoms with Gasteiger partial charge in [-0.3, -0.25) is 4.89 Å². The number of carbonyl (C=O) groups excluding carboxylic acids is 1. The van der Waals surface area contributed by atoms with Crippen LogP contribution in [0.5, 0.6) is 0 Å². The summed E-state index contributed by atoms with van der Waals surface area (Å²) in [5.41, 5.74) is 0. The first-order chi connectivity index (χ1) is 4.84. The Morgan fingerprint density at radius 3 is 2.70 bits per heavy atom. The highest BCUT2D eigenvalue weighted by atomic mass is 17.2. The molecule has 1 aliphatic rings. The number of hydrogen-bond acceptors (Lipinski definition) is 3. The zero-order valence-corrected chi connectivity index (χ0v) is 6.13. The maximum Gasteiger partial charge on any atom is 0.345 e. The van der Waals surface area contributed by atoms with Gasteiger partial charge in [-0.1, -0.05) is 6.42 Å². The van der Waals surface area contributed by atoms with E-state index >= 15 is 0 Å². The van der Waals surface area contributed by atoms with E-state index in [9.17, 15) is 4.79 Å². The summed E-state index contributed by atoms with van der Waals surface area (Å²) in [4.78, 5) is 19.8. The van der Waals surface area contributed by atoms with Gasteiger partial charge in [-0.25, -0.2) is 4.79 Å². The molecule has 10 heavy (non-hydrogen) atoms. The molecule has 0 radical (unpaired) electrons. The van der Waals surface area contributed by atoms with Gasteiger partial charge in [-0.15, -0.1) is 0 Å². The predicted octanol–water partition coefficient (Wildman–Crippen LogP) is 1.28. The summed E-state index contributed by atoms with van der Waals surface area (Å²) in [7, 11) is 0. The standard InChI is InChI=1S/C7H12O3/c1-2-9-10-7(8)6-4-3-5-6/h6H,2-5H2,1H3. The second kappa shape index (κ2) is 3.56. The van der Waals surface area contributed by atoms with Crippen molar-refractivity contribution in [1.82, 2.24) is 0 Å². The molecule has 58 valence electrons. The van der Waals surface area contributed by atoms with Gasteiger partial charge in [-0.05, 0) is 19.8 Å². The van der Waals surface area contributed by atoms with E-state index in [1.54, 1.807) is 6.92 Å². The molecule has 1 fully saturated rings. The molecule has 1 rings (SSSR count). The third-order valence-corrected chi connectivity index (χ3v) is 1.70. The van der Waals surface area contributed by atoms with Gasteiger partial charge in [0.15, 0.2) is 0 Å². The molecule has 0 aromatic heterocycles. The number of rotatable bonds is 3. The molecule has 0 spiro atoms. The highest BCUT2D eigenvalue weighted by Crippen LogP contribution is 2.27. The summed E-state index contributed by atoms with van der Waals surface area (Å²) >= 11 is 0. The molecule has 3 heteroatoms. The maximum absolute atomic E-state index is 10.8. The fourth-order valence-corrected chi connectivity index (χ4v) is 0.829. The molecule has 1 aliphatic carbocycles. The van der Waals surface area contributed by atoms with Crippen molar-refractivity contribution in [2.24, 2.45) is 5.92 Å². The summed E-state index contributed by atoms with van der Waals surface area (Å²) in [5, 5.41) is 0. The quantitative estimate of drug-likeness (QED) is 0.442. The molecule has 0 amide bonds. The zero-order valence-electron chi connectivity index (χ0n) is 6.13. The van der Waals surface area contributed by atoms with Crippen LogP contribution >= 0.6 is 0 Å². The van der Waals surface area contributed by atoms with E-state index in [1.807, 2.05) is 0 Å². The molecular weight excluding hydrogens is 132 g/mol. The lowest BCUT2D eigenvalue weighted by Gasteiger charge is -2.21. The molecule has 0 saturated heterocycles. The average Bonchev–Trinajstić information content (AvgIpc) is 1.79. The van der Waals surface area contributed by atoms with Crippen LogP contribution in [0.2, 0.25) is 0 Å². The van der Waals surface area contributed by atoms with Gasteiger partial charge in [0.1, 0.15) is 0 Å². The van der Waals surface area contributed by atoms with E-state index in [1.165, 1.54) is 0 Å². The molecule has 0 aliphatic heterocycles. The summed E-state index contributed by atoms with van der Waals surface area (Å²) in [6.45, 7) is 2.21. The second-order valence-corrected chi connectivity index (χ2v) is 2.44. The molecule has 0 aromatic carbocycles. The maximum atomic E-state index is 10.8. The Labute approximate surface area is 60.2 Å². The molecule has 0 heterocycles. The average molecular weight is 144 g/mol. The first-order valence-electron chi connectivity index (χ1n) is 3.68. The minimum atomic E-state index is -0.201. The van der Waals surface area contributed by atoms with Crippen molar-refractivity contribution >= 4 is 5.97 Å². The first-order valence-corrected chi connectivity index (χ1v) is 3.68. The van der Waals surface area contributed by atoms with Crippen LogP contribution in [-0.2, 0) is 14.6 Å². The Morgan fingerprint density at radius 1 is 1.60 bits per heavy atom. The van der Waals surface area contributed by atoms with Crippen molar-refractivity contribution < 1.29 is 14.6 Å². The largest absolute Gasteiger partial charge is 0.345 e. The van der Waals surface area contributed by atoms with Gasteiger partial charge < -0.3 is 0 Å². The fourth-order valence-electron chi connectivity index (χ4n) is 0.829. The van der Waals surface area contributed by atoms with Crippen LogP contribution in [0.4, 0.5) is 0 Å². The lowest BCUT2D eigenvalue weighted by Crippen LogP contribution is -2.24. The van der Waals surface area contributed by atoms with Crippen molar-refractivity contribution in [1.29, 1.82) is 0 Å². The molecule has 0 N–H and O–H groups in total. The smallest absolute Gasteiger partial charge is 0.298 e. The summed E-state index contributed by atoms with van der Waals surface area (Å²) in [5.74, 6) is -0.0837. The number of carbonyl (C=O) groups is 1. The third kappa shape index (κ3) is 1.70. The second-order valence-electron chi connectivity index (χ2n) is 2.44. The Hall–Kier alpha value is -0.570. The van der Waals surface area contributed by atoms with Gasteiger partial charge in [0.25, 0.3) is 0 Å². The Bertz CT molecular complexity index is 118. The van der Waals surface area contributed by atoms with Gasteiger partial charge in [-0.2, -0.15) is 4.89 Å². The minimum absolute atomic E-state index is 0.117. The van der Waals surface area contributed by atoms with Crippen LogP contribution in [0, 0.1) is 5.92 Å². The third-order valence-electron chi connectivity index (χ3n) is 1.70. The Kier molecular flexibility index (Phi) is 2.68. The molecule has 1 saturated carbocycles. The van der Waals surface area contributed by atoms with Crippen LogP contribution in [-0.4, -0.2) is 12.6 Å². The molecule has 0 unspecified atom stereocenters. The first kappa shape index (κ1) is 7.54. The van der Waals surface area contributed by atoms with Crippen LogP contribution in [0.15, 0.2) is 0 Å². The normalized spacial score (nSPS) is 18.1. The van der Waals surface area contributed by atoms with Gasteiger partial charge >= 0.3 is 5.97 Å². The number of hydrogen-bond donors (Lipinski definition) is 0. The van der Waals surface area contributed by atoms with E-state index in [4.69, 9.17) is 0 Å².